The molecular weight excluding hydrogens is 374 g/mol. The SMILES string of the molecule is CCOc1ccc(C(=O)COC(=O)Cn2cc(C(=O)OC)c3ccccc32)cc1. The Kier molecular flexibility index (Phi) is 6.29. The van der Waals surface area contributed by atoms with Gasteiger partial charge in [0.25, 0.3) is 0 Å². The Morgan fingerprint density at radius 3 is 2.41 bits per heavy atom. The van der Waals surface area contributed by atoms with E-state index in [4.69, 9.17) is 14.2 Å². The van der Waals surface area contributed by atoms with Gasteiger partial charge in [-0.05, 0) is 37.3 Å². The van der Waals surface area contributed by atoms with Crippen molar-refractivity contribution in [2.75, 3.05) is 20.3 Å². The zero-order valence-electron chi connectivity index (χ0n) is 16.2. The first-order chi connectivity index (χ1) is 14.0. The summed E-state index contributed by atoms with van der Waals surface area (Å²) in [5, 5.41) is 0.678. The van der Waals surface area contributed by atoms with Crippen LogP contribution in [0.25, 0.3) is 10.9 Å². The Morgan fingerprint density at radius 1 is 1.00 bits per heavy atom. The molecule has 0 amide bonds. The summed E-state index contributed by atoms with van der Waals surface area (Å²) in [6, 6.07) is 13.8. The number of ether oxygens (including phenoxy) is 3. The smallest absolute Gasteiger partial charge is 0.340 e. The van der Waals surface area contributed by atoms with Gasteiger partial charge in [-0.15, -0.1) is 0 Å². The standard InChI is InChI=1S/C22H21NO6/c1-3-28-16-10-8-15(9-11-16)20(24)14-29-21(25)13-23-12-18(22(26)27-2)17-6-4-5-7-19(17)23/h4-12H,3,13-14H2,1-2H3. The Labute approximate surface area is 167 Å². The van der Waals surface area contributed by atoms with Crippen molar-refractivity contribution in [1.82, 2.24) is 4.57 Å². The van der Waals surface area contributed by atoms with E-state index in [1.54, 1.807) is 59.3 Å². The highest BCUT2D eigenvalue weighted by atomic mass is 16.5. The highest BCUT2D eigenvalue weighted by Crippen LogP contribution is 2.22. The number of rotatable bonds is 8. The van der Waals surface area contributed by atoms with Crippen LogP contribution in [0.3, 0.4) is 0 Å². The number of esters is 2. The summed E-state index contributed by atoms with van der Waals surface area (Å²) >= 11 is 0. The second-order valence-electron chi connectivity index (χ2n) is 6.22. The van der Waals surface area contributed by atoms with Crippen LogP contribution in [0.5, 0.6) is 5.75 Å². The number of nitrogens with zero attached hydrogens (tertiary/aromatic N) is 1. The van der Waals surface area contributed by atoms with Crippen LogP contribution >= 0.6 is 0 Å². The maximum Gasteiger partial charge on any atom is 0.340 e. The Morgan fingerprint density at radius 2 is 1.72 bits per heavy atom. The van der Waals surface area contributed by atoms with Crippen molar-refractivity contribution >= 4 is 28.6 Å². The van der Waals surface area contributed by atoms with Gasteiger partial charge in [-0.2, -0.15) is 0 Å². The highest BCUT2D eigenvalue weighted by molar-refractivity contribution is 6.04. The van der Waals surface area contributed by atoms with Crippen LogP contribution in [0.4, 0.5) is 0 Å². The lowest BCUT2D eigenvalue weighted by Crippen LogP contribution is -2.18. The molecule has 0 radical (unpaired) electrons. The van der Waals surface area contributed by atoms with Crippen molar-refractivity contribution in [1.29, 1.82) is 0 Å². The van der Waals surface area contributed by atoms with Crippen molar-refractivity contribution in [3.05, 3.63) is 65.9 Å². The third-order valence-electron chi connectivity index (χ3n) is 4.34. The van der Waals surface area contributed by atoms with Gasteiger partial charge in [0.1, 0.15) is 12.3 Å². The lowest BCUT2D eigenvalue weighted by molar-refractivity contribution is -0.143. The van der Waals surface area contributed by atoms with Gasteiger partial charge >= 0.3 is 11.9 Å². The number of fused-ring (bicyclic) bond motifs is 1. The van der Waals surface area contributed by atoms with Crippen LogP contribution in [-0.2, 0) is 20.8 Å². The number of ketones is 1. The second kappa shape index (κ2) is 9.05. The molecule has 0 N–H and O–H groups in total. The van der Waals surface area contributed by atoms with Crippen LogP contribution in [0.1, 0.15) is 27.6 Å². The number of para-hydroxylation sites is 1. The molecule has 1 heterocycles. The first-order valence-corrected chi connectivity index (χ1v) is 9.11. The lowest BCUT2D eigenvalue weighted by Gasteiger charge is -2.07. The largest absolute Gasteiger partial charge is 0.494 e. The number of carbonyl (C=O) groups excluding carboxylic acids is 3. The summed E-state index contributed by atoms with van der Waals surface area (Å²) in [5.41, 5.74) is 1.49. The van der Waals surface area contributed by atoms with Crippen molar-refractivity contribution in [3.8, 4) is 5.75 Å². The van der Waals surface area contributed by atoms with E-state index in [1.165, 1.54) is 7.11 Å². The fourth-order valence-electron chi connectivity index (χ4n) is 2.97. The van der Waals surface area contributed by atoms with Gasteiger partial charge in [-0.25, -0.2) is 4.79 Å². The quantitative estimate of drug-likeness (QED) is 0.430. The molecule has 0 unspecified atom stereocenters. The van der Waals surface area contributed by atoms with E-state index in [0.717, 1.165) is 0 Å². The summed E-state index contributed by atoms with van der Waals surface area (Å²) in [4.78, 5) is 36.4. The number of benzene rings is 2. The Hall–Kier alpha value is -3.61. The fraction of sp³-hybridized carbons (Fsp3) is 0.227. The molecule has 150 valence electrons. The molecule has 0 fully saturated rings. The molecule has 0 saturated heterocycles. The van der Waals surface area contributed by atoms with Crippen LogP contribution < -0.4 is 4.74 Å². The van der Waals surface area contributed by atoms with Crippen molar-refractivity contribution < 1.29 is 28.6 Å². The molecule has 0 aliphatic heterocycles. The minimum Gasteiger partial charge on any atom is -0.494 e. The van der Waals surface area contributed by atoms with Crippen molar-refractivity contribution in [2.24, 2.45) is 0 Å². The van der Waals surface area contributed by atoms with Crippen LogP contribution in [0.2, 0.25) is 0 Å². The van der Waals surface area contributed by atoms with Crippen LogP contribution in [-0.4, -0.2) is 42.6 Å². The molecule has 29 heavy (non-hydrogen) atoms. The zero-order chi connectivity index (χ0) is 20.8. The van der Waals surface area contributed by atoms with E-state index in [1.807, 2.05) is 6.92 Å². The summed E-state index contributed by atoms with van der Waals surface area (Å²) in [5.74, 6) is -0.712. The molecule has 3 rings (SSSR count). The summed E-state index contributed by atoms with van der Waals surface area (Å²) in [7, 11) is 1.30. The summed E-state index contributed by atoms with van der Waals surface area (Å²) in [6.45, 7) is 1.92. The number of carbonyl (C=O) groups is 3. The number of hydrogen-bond donors (Lipinski definition) is 0. The molecule has 7 heteroatoms. The number of Topliss-reactive ketones (excluding diaryl/α,β-unsaturated/α-hetero) is 1. The third-order valence-corrected chi connectivity index (χ3v) is 4.34. The number of methoxy groups -OCH3 is 1. The van der Waals surface area contributed by atoms with Gasteiger partial charge in [0, 0.05) is 22.7 Å². The van der Waals surface area contributed by atoms with Crippen molar-refractivity contribution in [2.45, 2.75) is 13.5 Å². The van der Waals surface area contributed by atoms with E-state index in [9.17, 15) is 14.4 Å². The van der Waals surface area contributed by atoms with Crippen LogP contribution in [0, 0.1) is 0 Å². The van der Waals surface area contributed by atoms with Crippen molar-refractivity contribution in [3.63, 3.8) is 0 Å². The van der Waals surface area contributed by atoms with Gasteiger partial charge in [0.15, 0.2) is 12.4 Å². The first kappa shape index (κ1) is 20.1. The van der Waals surface area contributed by atoms with E-state index in [0.29, 0.717) is 34.4 Å². The molecule has 0 aliphatic rings. The molecular formula is C22H21NO6. The first-order valence-electron chi connectivity index (χ1n) is 9.11. The summed E-state index contributed by atoms with van der Waals surface area (Å²) < 4.78 is 16.9. The molecule has 7 nitrogen and oxygen atoms in total. The summed E-state index contributed by atoms with van der Waals surface area (Å²) in [6.07, 6.45) is 1.55. The molecule has 0 atom stereocenters. The predicted octanol–water partition coefficient (Wildman–Crippen LogP) is 3.25. The van der Waals surface area contributed by atoms with E-state index in [2.05, 4.69) is 0 Å². The predicted molar refractivity (Wildman–Crippen MR) is 106 cm³/mol. The average molecular weight is 395 g/mol. The molecule has 3 aromatic rings. The van der Waals surface area contributed by atoms with Gasteiger partial charge < -0.3 is 18.8 Å². The fourth-order valence-corrected chi connectivity index (χ4v) is 2.97. The van der Waals surface area contributed by atoms with Crippen LogP contribution in [0.15, 0.2) is 54.7 Å². The van der Waals surface area contributed by atoms with E-state index >= 15 is 0 Å². The third kappa shape index (κ3) is 4.63. The maximum atomic E-state index is 12.2. The molecule has 2 aromatic carbocycles. The molecule has 0 bridgehead atoms. The molecule has 1 aromatic heterocycles. The van der Waals surface area contributed by atoms with E-state index < -0.39 is 11.9 Å². The average Bonchev–Trinajstić information content (AvgIpc) is 3.11. The number of aromatic nitrogens is 1. The zero-order valence-corrected chi connectivity index (χ0v) is 16.2. The highest BCUT2D eigenvalue weighted by Gasteiger charge is 2.17. The molecule has 0 aliphatic carbocycles. The Balaban J connectivity index is 1.65. The molecule has 0 saturated carbocycles. The minimum atomic E-state index is -0.582. The van der Waals surface area contributed by atoms with E-state index in [-0.39, 0.29) is 18.9 Å². The topological polar surface area (TPSA) is 83.8 Å². The maximum absolute atomic E-state index is 12.2. The van der Waals surface area contributed by atoms with Gasteiger partial charge in [0.05, 0.1) is 19.3 Å². The minimum absolute atomic E-state index is 0.131. The molecule has 0 spiro atoms. The second-order valence-corrected chi connectivity index (χ2v) is 6.22. The van der Waals surface area contributed by atoms with Gasteiger partial charge in [-0.1, -0.05) is 18.2 Å². The monoisotopic (exact) mass is 395 g/mol. The number of hydrogen-bond acceptors (Lipinski definition) is 6. The lowest BCUT2D eigenvalue weighted by atomic mass is 10.1. The van der Waals surface area contributed by atoms with Gasteiger partial charge in [0.2, 0.25) is 0 Å². The van der Waals surface area contributed by atoms with Gasteiger partial charge in [-0.3, -0.25) is 9.59 Å². The normalized spacial score (nSPS) is 10.6. The Bertz CT molecular complexity index is 1040.